The average Bonchev–Trinajstić information content (AvgIpc) is 2.67. The summed E-state index contributed by atoms with van der Waals surface area (Å²) in [6.07, 6.45) is -0.178. The zero-order valence-electron chi connectivity index (χ0n) is 14.2. The predicted octanol–water partition coefficient (Wildman–Crippen LogP) is 3.10. The van der Waals surface area contributed by atoms with Gasteiger partial charge in [0.25, 0.3) is 0 Å². The van der Waals surface area contributed by atoms with Crippen LogP contribution in [0.1, 0.15) is 6.42 Å². The van der Waals surface area contributed by atoms with Gasteiger partial charge in [0.15, 0.2) is 11.5 Å². The van der Waals surface area contributed by atoms with Gasteiger partial charge in [-0.15, -0.1) is 11.8 Å². The van der Waals surface area contributed by atoms with Gasteiger partial charge in [0.1, 0.15) is 12.7 Å². The maximum absolute atomic E-state index is 12.3. The molecule has 0 fully saturated rings. The van der Waals surface area contributed by atoms with Gasteiger partial charge in [-0.05, 0) is 30.3 Å². The molecule has 0 bridgehead atoms. The summed E-state index contributed by atoms with van der Waals surface area (Å²) in [5.74, 6) is 0.966. The maximum Gasteiger partial charge on any atom is 0.238 e. The van der Waals surface area contributed by atoms with Gasteiger partial charge in [-0.1, -0.05) is 23.7 Å². The van der Waals surface area contributed by atoms with Crippen molar-refractivity contribution >= 4 is 40.9 Å². The van der Waals surface area contributed by atoms with Gasteiger partial charge >= 0.3 is 0 Å². The van der Waals surface area contributed by atoms with Gasteiger partial charge in [-0.3, -0.25) is 9.59 Å². The maximum atomic E-state index is 12.3. The number of fused-ring (bicyclic) bond motifs is 2. The second kappa shape index (κ2) is 7.70. The molecule has 2 aromatic rings. The molecule has 2 aromatic carbocycles. The number of hydrogen-bond acceptors (Lipinski definition) is 5. The first-order valence-electron chi connectivity index (χ1n) is 8.51. The van der Waals surface area contributed by atoms with E-state index in [1.165, 1.54) is 11.8 Å². The lowest BCUT2D eigenvalue weighted by Crippen LogP contribution is -2.42. The smallest absolute Gasteiger partial charge is 0.238 e. The van der Waals surface area contributed by atoms with Crippen molar-refractivity contribution in [2.45, 2.75) is 22.7 Å². The van der Waals surface area contributed by atoms with E-state index in [1.807, 2.05) is 30.3 Å². The highest BCUT2D eigenvalue weighted by Crippen LogP contribution is 2.38. The second-order valence-corrected chi connectivity index (χ2v) is 7.92. The van der Waals surface area contributed by atoms with Crippen molar-refractivity contribution in [1.82, 2.24) is 5.32 Å². The number of ether oxygens (including phenoxy) is 2. The molecule has 0 spiro atoms. The lowest BCUT2D eigenvalue weighted by Gasteiger charge is -2.27. The molecular weight excluding hydrogens is 388 g/mol. The van der Waals surface area contributed by atoms with E-state index >= 15 is 0 Å². The van der Waals surface area contributed by atoms with Gasteiger partial charge in [0, 0.05) is 16.3 Å². The number of benzene rings is 2. The average molecular weight is 405 g/mol. The van der Waals surface area contributed by atoms with E-state index in [4.69, 9.17) is 21.1 Å². The van der Waals surface area contributed by atoms with E-state index in [1.54, 1.807) is 12.1 Å². The van der Waals surface area contributed by atoms with Gasteiger partial charge < -0.3 is 20.1 Å². The number of anilines is 1. The molecule has 0 radical (unpaired) electrons. The number of halogens is 1. The molecule has 0 aromatic heterocycles. The number of carbonyl (C=O) groups excluding carboxylic acids is 2. The summed E-state index contributed by atoms with van der Waals surface area (Å²) in [6, 6.07) is 12.7. The minimum absolute atomic E-state index is 0.0860. The quantitative estimate of drug-likeness (QED) is 0.818. The Morgan fingerprint density at radius 3 is 2.93 bits per heavy atom. The normalized spacial score (nSPS) is 20.4. The van der Waals surface area contributed by atoms with Crippen LogP contribution < -0.4 is 20.1 Å². The first kappa shape index (κ1) is 18.0. The van der Waals surface area contributed by atoms with Crippen LogP contribution in [-0.4, -0.2) is 36.3 Å². The topological polar surface area (TPSA) is 76.7 Å². The molecule has 140 valence electrons. The van der Waals surface area contributed by atoms with Crippen molar-refractivity contribution in [3.63, 3.8) is 0 Å². The van der Waals surface area contributed by atoms with Crippen LogP contribution in [0.2, 0.25) is 5.02 Å². The van der Waals surface area contributed by atoms with Crippen LogP contribution in [0.25, 0.3) is 0 Å². The number of nitrogens with one attached hydrogen (secondary N) is 2. The van der Waals surface area contributed by atoms with Gasteiger partial charge in [0.2, 0.25) is 11.8 Å². The Bertz CT molecular complexity index is 892. The molecule has 27 heavy (non-hydrogen) atoms. The summed E-state index contributed by atoms with van der Waals surface area (Å²) in [7, 11) is 0. The summed E-state index contributed by atoms with van der Waals surface area (Å²) in [5.41, 5.74) is 0.681. The molecular formula is C19H17ClN2O4S. The number of thioether (sulfide) groups is 1. The third-order valence-electron chi connectivity index (χ3n) is 4.23. The van der Waals surface area contributed by atoms with Crippen LogP contribution in [0.4, 0.5) is 5.69 Å². The number of amides is 2. The van der Waals surface area contributed by atoms with E-state index < -0.39 is 5.25 Å². The van der Waals surface area contributed by atoms with Crippen LogP contribution >= 0.6 is 23.4 Å². The molecule has 0 saturated carbocycles. The lowest BCUT2D eigenvalue weighted by molar-refractivity contribution is -0.124. The molecule has 8 heteroatoms. The van der Waals surface area contributed by atoms with Gasteiger partial charge in [-0.25, -0.2) is 0 Å². The Morgan fingerprint density at radius 2 is 2.07 bits per heavy atom. The number of para-hydroxylation sites is 2. The molecule has 2 aliphatic heterocycles. The Hall–Kier alpha value is -2.38. The highest BCUT2D eigenvalue weighted by Gasteiger charge is 2.29. The van der Waals surface area contributed by atoms with Crippen LogP contribution in [0.3, 0.4) is 0 Å². The number of carbonyl (C=O) groups is 2. The molecule has 4 rings (SSSR count). The van der Waals surface area contributed by atoms with Gasteiger partial charge in [0.05, 0.1) is 17.5 Å². The molecule has 0 aliphatic carbocycles. The minimum Gasteiger partial charge on any atom is -0.486 e. The molecule has 0 saturated heterocycles. The lowest BCUT2D eigenvalue weighted by atomic mass is 10.2. The molecule has 2 aliphatic rings. The molecule has 6 nitrogen and oxygen atoms in total. The van der Waals surface area contributed by atoms with E-state index in [2.05, 4.69) is 10.6 Å². The van der Waals surface area contributed by atoms with Crippen molar-refractivity contribution in [1.29, 1.82) is 0 Å². The highest BCUT2D eigenvalue weighted by atomic mass is 35.5. The molecule has 2 amide bonds. The summed E-state index contributed by atoms with van der Waals surface area (Å²) in [6.45, 7) is 0.683. The molecule has 2 unspecified atom stereocenters. The minimum atomic E-state index is -0.483. The van der Waals surface area contributed by atoms with Crippen LogP contribution in [0, 0.1) is 0 Å². The first-order chi connectivity index (χ1) is 13.1. The van der Waals surface area contributed by atoms with Crippen molar-refractivity contribution in [3.8, 4) is 11.5 Å². The van der Waals surface area contributed by atoms with Crippen LogP contribution in [0.15, 0.2) is 47.4 Å². The Labute approximate surface area is 165 Å². The zero-order chi connectivity index (χ0) is 18.8. The highest BCUT2D eigenvalue weighted by molar-refractivity contribution is 8.01. The zero-order valence-corrected chi connectivity index (χ0v) is 15.8. The van der Waals surface area contributed by atoms with Crippen molar-refractivity contribution < 1.29 is 19.1 Å². The van der Waals surface area contributed by atoms with Gasteiger partial charge in [-0.2, -0.15) is 0 Å². The van der Waals surface area contributed by atoms with E-state index in [9.17, 15) is 9.59 Å². The first-order valence-corrected chi connectivity index (χ1v) is 9.76. The third kappa shape index (κ3) is 4.14. The molecule has 2 atom stereocenters. The molecule has 2 N–H and O–H groups in total. The number of rotatable bonds is 4. The van der Waals surface area contributed by atoms with E-state index in [0.29, 0.717) is 35.4 Å². The predicted molar refractivity (Wildman–Crippen MR) is 104 cm³/mol. The Kier molecular flexibility index (Phi) is 5.13. The van der Waals surface area contributed by atoms with E-state index in [0.717, 1.165) is 4.90 Å². The standard InChI is InChI=1S/C19H17ClN2O4S/c20-11-5-6-16-13(7-11)22-19(24)17(27-16)8-18(23)21-9-12-10-25-14-3-1-2-4-15(14)26-12/h1-7,12,17H,8-10H2,(H,21,23)(H,22,24). The largest absolute Gasteiger partial charge is 0.486 e. The summed E-state index contributed by atoms with van der Waals surface area (Å²) in [4.78, 5) is 25.4. The van der Waals surface area contributed by atoms with Crippen LogP contribution in [-0.2, 0) is 9.59 Å². The SMILES string of the molecule is O=C(CC1Sc2ccc(Cl)cc2NC1=O)NCC1COc2ccccc2O1. The fraction of sp³-hybridized carbons (Fsp3) is 0.263. The molecule has 2 heterocycles. The van der Waals surface area contributed by atoms with Crippen molar-refractivity contribution in [3.05, 3.63) is 47.5 Å². The fourth-order valence-electron chi connectivity index (χ4n) is 2.89. The number of hydrogen-bond donors (Lipinski definition) is 2. The third-order valence-corrected chi connectivity index (χ3v) is 5.74. The Balaban J connectivity index is 1.30. The second-order valence-electron chi connectivity index (χ2n) is 6.24. The summed E-state index contributed by atoms with van der Waals surface area (Å²) < 4.78 is 11.4. The Morgan fingerprint density at radius 1 is 1.26 bits per heavy atom. The van der Waals surface area contributed by atoms with Crippen molar-refractivity contribution in [2.24, 2.45) is 0 Å². The summed E-state index contributed by atoms with van der Waals surface area (Å²) in [5, 5.41) is 5.70. The monoisotopic (exact) mass is 404 g/mol. The fourth-order valence-corrected chi connectivity index (χ4v) is 4.15. The van der Waals surface area contributed by atoms with E-state index in [-0.39, 0.29) is 24.3 Å². The summed E-state index contributed by atoms with van der Waals surface area (Å²) >= 11 is 7.31. The van der Waals surface area contributed by atoms with Crippen molar-refractivity contribution in [2.75, 3.05) is 18.5 Å². The van der Waals surface area contributed by atoms with Crippen LogP contribution in [0.5, 0.6) is 11.5 Å².